The van der Waals surface area contributed by atoms with Gasteiger partial charge in [-0.05, 0) is 50.8 Å². The van der Waals surface area contributed by atoms with E-state index in [-0.39, 0.29) is 18.2 Å². The van der Waals surface area contributed by atoms with E-state index in [1.54, 1.807) is 7.05 Å². The van der Waals surface area contributed by atoms with Crippen LogP contribution in [0.1, 0.15) is 49.2 Å². The molecular formula is C22H30N4O4. The summed E-state index contributed by atoms with van der Waals surface area (Å²) in [6.07, 6.45) is 4.83. The molecule has 8 nitrogen and oxygen atoms in total. The van der Waals surface area contributed by atoms with Crippen molar-refractivity contribution in [1.82, 2.24) is 14.7 Å². The van der Waals surface area contributed by atoms with Crippen molar-refractivity contribution in [3.05, 3.63) is 35.7 Å². The van der Waals surface area contributed by atoms with Crippen LogP contribution >= 0.6 is 0 Å². The first-order chi connectivity index (χ1) is 14.5. The molecule has 1 aliphatic heterocycles. The molecule has 1 saturated heterocycles. The topological polar surface area (TPSA) is 85.7 Å². The fourth-order valence-corrected chi connectivity index (χ4v) is 3.61. The van der Waals surface area contributed by atoms with Crippen molar-refractivity contribution in [3.8, 4) is 11.5 Å². The average Bonchev–Trinajstić information content (AvgIpc) is 3.10. The molecule has 1 N–H and O–H groups in total. The van der Waals surface area contributed by atoms with Crippen LogP contribution in [0.4, 0.5) is 5.69 Å². The van der Waals surface area contributed by atoms with Gasteiger partial charge in [0.05, 0.1) is 31.5 Å². The lowest BCUT2D eigenvalue weighted by atomic mass is 10.1. The lowest BCUT2D eigenvalue weighted by Gasteiger charge is -2.27. The number of likely N-dealkylation sites (tertiary alicyclic amines) is 1. The van der Waals surface area contributed by atoms with Gasteiger partial charge in [0.25, 0.3) is 5.91 Å². The van der Waals surface area contributed by atoms with Gasteiger partial charge in [-0.15, -0.1) is 0 Å². The number of anilines is 1. The van der Waals surface area contributed by atoms with E-state index in [0.29, 0.717) is 36.1 Å². The van der Waals surface area contributed by atoms with Gasteiger partial charge in [-0.3, -0.25) is 14.3 Å². The number of nitrogens with zero attached hydrogens (tertiary/aromatic N) is 3. The number of piperidine rings is 1. The van der Waals surface area contributed by atoms with E-state index in [1.165, 1.54) is 10.9 Å². The number of amides is 2. The molecule has 1 aromatic carbocycles. The number of hydrogen-bond donors (Lipinski definition) is 1. The minimum Gasteiger partial charge on any atom is -0.490 e. The van der Waals surface area contributed by atoms with Gasteiger partial charge in [-0.1, -0.05) is 6.07 Å². The summed E-state index contributed by atoms with van der Waals surface area (Å²) in [5, 5.41) is 7.03. The molecule has 1 aliphatic rings. The van der Waals surface area contributed by atoms with Gasteiger partial charge in [0.1, 0.15) is 5.69 Å². The maximum atomic E-state index is 12.9. The van der Waals surface area contributed by atoms with Crippen molar-refractivity contribution in [2.24, 2.45) is 7.05 Å². The number of carbonyl (C=O) groups excluding carboxylic acids is 2. The third-order valence-electron chi connectivity index (χ3n) is 5.03. The predicted molar refractivity (Wildman–Crippen MR) is 114 cm³/mol. The largest absolute Gasteiger partial charge is 0.490 e. The molecule has 0 saturated carbocycles. The standard InChI is InChI=1S/C22H30N4O4/c1-4-29-18-10-9-16(13-19(18)30-5-2)14-20(27)24-17-15-23-25(3)21(17)22(28)26-11-7-6-8-12-26/h9-10,13,15H,4-8,11-12,14H2,1-3H3,(H,24,27). The SMILES string of the molecule is CCOc1ccc(CC(=O)Nc2cnn(C)c2C(=O)N2CCCCC2)cc1OCC. The van der Waals surface area contributed by atoms with Gasteiger partial charge in [-0.2, -0.15) is 5.10 Å². The van der Waals surface area contributed by atoms with E-state index in [9.17, 15) is 9.59 Å². The van der Waals surface area contributed by atoms with E-state index in [4.69, 9.17) is 9.47 Å². The monoisotopic (exact) mass is 414 g/mol. The Balaban J connectivity index is 1.71. The van der Waals surface area contributed by atoms with Crippen molar-refractivity contribution < 1.29 is 19.1 Å². The first-order valence-corrected chi connectivity index (χ1v) is 10.5. The summed E-state index contributed by atoms with van der Waals surface area (Å²) >= 11 is 0. The molecule has 0 atom stereocenters. The van der Waals surface area contributed by atoms with Crippen LogP contribution in [-0.4, -0.2) is 52.8 Å². The number of ether oxygens (including phenoxy) is 2. The van der Waals surface area contributed by atoms with E-state index < -0.39 is 0 Å². The van der Waals surface area contributed by atoms with Crippen LogP contribution in [0.3, 0.4) is 0 Å². The average molecular weight is 415 g/mol. The van der Waals surface area contributed by atoms with Crippen LogP contribution in [-0.2, 0) is 18.3 Å². The van der Waals surface area contributed by atoms with E-state index in [0.717, 1.165) is 37.9 Å². The summed E-state index contributed by atoms with van der Waals surface area (Å²) in [6.45, 7) is 6.34. The van der Waals surface area contributed by atoms with Gasteiger partial charge in [0, 0.05) is 20.1 Å². The molecule has 3 rings (SSSR count). The summed E-state index contributed by atoms with van der Waals surface area (Å²) in [5.74, 6) is 0.962. The maximum Gasteiger partial charge on any atom is 0.274 e. The summed E-state index contributed by atoms with van der Waals surface area (Å²) in [5.41, 5.74) is 1.65. The molecule has 0 radical (unpaired) electrons. The van der Waals surface area contributed by atoms with Gasteiger partial charge >= 0.3 is 0 Å². The highest BCUT2D eigenvalue weighted by atomic mass is 16.5. The highest BCUT2D eigenvalue weighted by molar-refractivity contribution is 6.02. The van der Waals surface area contributed by atoms with Crippen molar-refractivity contribution >= 4 is 17.5 Å². The smallest absolute Gasteiger partial charge is 0.274 e. The van der Waals surface area contributed by atoms with Crippen LogP contribution in [0, 0.1) is 0 Å². The Bertz CT molecular complexity index is 887. The van der Waals surface area contributed by atoms with Crippen molar-refractivity contribution in [2.75, 3.05) is 31.6 Å². The Hall–Kier alpha value is -3.03. The van der Waals surface area contributed by atoms with Gasteiger partial charge in [-0.25, -0.2) is 0 Å². The molecule has 30 heavy (non-hydrogen) atoms. The molecule has 1 aromatic heterocycles. The van der Waals surface area contributed by atoms with Gasteiger partial charge in [0.15, 0.2) is 11.5 Å². The zero-order valence-corrected chi connectivity index (χ0v) is 17.9. The number of aryl methyl sites for hydroxylation is 1. The quantitative estimate of drug-likeness (QED) is 0.718. The Morgan fingerprint density at radius 3 is 2.47 bits per heavy atom. The maximum absolute atomic E-state index is 12.9. The predicted octanol–water partition coefficient (Wildman–Crippen LogP) is 3.02. The number of aromatic nitrogens is 2. The van der Waals surface area contributed by atoms with E-state index in [1.807, 2.05) is 36.9 Å². The lowest BCUT2D eigenvalue weighted by Crippen LogP contribution is -2.37. The minimum atomic E-state index is -0.220. The molecule has 1 fully saturated rings. The second-order valence-electron chi connectivity index (χ2n) is 7.26. The molecule has 2 heterocycles. The van der Waals surface area contributed by atoms with Crippen LogP contribution < -0.4 is 14.8 Å². The van der Waals surface area contributed by atoms with Crippen molar-refractivity contribution in [3.63, 3.8) is 0 Å². The summed E-state index contributed by atoms with van der Waals surface area (Å²) < 4.78 is 12.7. The number of hydrogen-bond acceptors (Lipinski definition) is 5. The van der Waals surface area contributed by atoms with E-state index >= 15 is 0 Å². The third-order valence-corrected chi connectivity index (χ3v) is 5.03. The fraction of sp³-hybridized carbons (Fsp3) is 0.500. The second-order valence-corrected chi connectivity index (χ2v) is 7.26. The molecule has 0 aliphatic carbocycles. The first kappa shape index (κ1) is 21.7. The fourth-order valence-electron chi connectivity index (χ4n) is 3.61. The zero-order chi connectivity index (χ0) is 21.5. The Labute approximate surface area is 177 Å². The molecule has 2 aromatic rings. The number of rotatable bonds is 8. The molecule has 0 spiro atoms. The molecule has 0 bridgehead atoms. The Morgan fingerprint density at radius 2 is 1.77 bits per heavy atom. The zero-order valence-electron chi connectivity index (χ0n) is 17.9. The molecule has 2 amide bonds. The summed E-state index contributed by atoms with van der Waals surface area (Å²) in [4.78, 5) is 27.4. The van der Waals surface area contributed by atoms with Crippen LogP contribution in [0.5, 0.6) is 11.5 Å². The van der Waals surface area contributed by atoms with Crippen LogP contribution in [0.15, 0.2) is 24.4 Å². The first-order valence-electron chi connectivity index (χ1n) is 10.5. The highest BCUT2D eigenvalue weighted by Crippen LogP contribution is 2.29. The molecule has 162 valence electrons. The van der Waals surface area contributed by atoms with E-state index in [2.05, 4.69) is 10.4 Å². The number of carbonyl (C=O) groups is 2. The molecule has 0 unspecified atom stereocenters. The molecular weight excluding hydrogens is 384 g/mol. The van der Waals surface area contributed by atoms with Crippen molar-refractivity contribution in [1.29, 1.82) is 0 Å². The molecule has 8 heteroatoms. The third kappa shape index (κ3) is 5.11. The normalized spacial score (nSPS) is 13.8. The highest BCUT2D eigenvalue weighted by Gasteiger charge is 2.25. The number of nitrogens with one attached hydrogen (secondary N) is 1. The second kappa shape index (κ2) is 10.1. The lowest BCUT2D eigenvalue weighted by molar-refractivity contribution is -0.115. The van der Waals surface area contributed by atoms with Crippen LogP contribution in [0.2, 0.25) is 0 Å². The Kier molecular flexibility index (Phi) is 7.32. The summed E-state index contributed by atoms with van der Waals surface area (Å²) in [7, 11) is 1.72. The van der Waals surface area contributed by atoms with Gasteiger partial charge in [0.2, 0.25) is 5.91 Å². The van der Waals surface area contributed by atoms with Gasteiger partial charge < -0.3 is 19.7 Å². The minimum absolute atomic E-state index is 0.0929. The van der Waals surface area contributed by atoms with Crippen molar-refractivity contribution in [2.45, 2.75) is 39.5 Å². The Morgan fingerprint density at radius 1 is 1.07 bits per heavy atom. The number of benzene rings is 1. The van der Waals surface area contributed by atoms with Crippen LogP contribution in [0.25, 0.3) is 0 Å². The summed E-state index contributed by atoms with van der Waals surface area (Å²) in [6, 6.07) is 5.47.